The van der Waals surface area contributed by atoms with Crippen molar-refractivity contribution in [2.75, 3.05) is 45.3 Å². The molecule has 1 aliphatic carbocycles. The van der Waals surface area contributed by atoms with E-state index >= 15 is 0 Å². The maximum Gasteiger partial charge on any atom is 0.253 e. The third-order valence-electron chi connectivity index (χ3n) is 8.25. The standard InChI is InChI=1S/C29H35N7O4/c1-39-25-17-19-16-23(29(38)30-24(19)18-26(25)40-2)27(28-31-32-33-36(28)21-6-4-3-5-7-21)35-14-12-34(13-15-35)20-8-10-22(37)11-9-20/h8-11,16-18,21,27,37H,3-7,12-15H2,1-2H3,(H,30,38)/t27-/m0/s1. The summed E-state index contributed by atoms with van der Waals surface area (Å²) >= 11 is 0. The zero-order valence-corrected chi connectivity index (χ0v) is 22.9. The average molecular weight is 546 g/mol. The zero-order chi connectivity index (χ0) is 27.6. The number of nitrogens with one attached hydrogen (secondary N) is 1. The zero-order valence-electron chi connectivity index (χ0n) is 22.9. The number of rotatable bonds is 7. The van der Waals surface area contributed by atoms with Crippen LogP contribution in [0.2, 0.25) is 0 Å². The van der Waals surface area contributed by atoms with E-state index in [1.807, 2.05) is 28.9 Å². The number of pyridine rings is 1. The minimum absolute atomic E-state index is 0.177. The molecule has 3 heterocycles. The van der Waals surface area contributed by atoms with Crippen LogP contribution in [-0.4, -0.2) is 75.6 Å². The van der Waals surface area contributed by atoms with Crippen LogP contribution in [0.1, 0.15) is 55.6 Å². The van der Waals surface area contributed by atoms with Crippen molar-refractivity contribution in [3.63, 3.8) is 0 Å². The van der Waals surface area contributed by atoms with Gasteiger partial charge in [-0.15, -0.1) is 5.10 Å². The van der Waals surface area contributed by atoms with Gasteiger partial charge in [0, 0.05) is 48.9 Å². The second-order valence-electron chi connectivity index (χ2n) is 10.6. The van der Waals surface area contributed by atoms with Crippen LogP contribution in [0.25, 0.3) is 10.9 Å². The fourth-order valence-corrected chi connectivity index (χ4v) is 6.12. The molecular formula is C29H35N7O4. The van der Waals surface area contributed by atoms with E-state index in [0.29, 0.717) is 41.5 Å². The summed E-state index contributed by atoms with van der Waals surface area (Å²) in [5, 5.41) is 23.6. The number of tetrazole rings is 1. The van der Waals surface area contributed by atoms with Crippen molar-refractivity contribution in [1.29, 1.82) is 0 Å². The van der Waals surface area contributed by atoms with Gasteiger partial charge in [-0.05, 0) is 59.7 Å². The molecule has 0 radical (unpaired) electrons. The molecule has 0 amide bonds. The number of aromatic amines is 1. The minimum Gasteiger partial charge on any atom is -0.508 e. The third kappa shape index (κ3) is 4.97. The van der Waals surface area contributed by atoms with Crippen LogP contribution in [0.3, 0.4) is 0 Å². The summed E-state index contributed by atoms with van der Waals surface area (Å²) in [5.41, 5.74) is 2.16. The SMILES string of the molecule is COc1cc2cc([C@@H](c3nnnn3C3CCCCC3)N3CCN(c4ccc(O)cc4)CC3)c(=O)[nH]c2cc1OC. The number of benzene rings is 2. The van der Waals surface area contributed by atoms with Gasteiger partial charge >= 0.3 is 0 Å². The first-order chi connectivity index (χ1) is 19.6. The van der Waals surface area contributed by atoms with Crippen molar-refractivity contribution >= 4 is 16.6 Å². The molecule has 1 aliphatic heterocycles. The summed E-state index contributed by atoms with van der Waals surface area (Å²) in [5.74, 6) is 2.11. The molecule has 1 saturated carbocycles. The van der Waals surface area contributed by atoms with E-state index in [1.54, 1.807) is 32.4 Å². The van der Waals surface area contributed by atoms with E-state index in [1.165, 1.54) is 6.42 Å². The van der Waals surface area contributed by atoms with Gasteiger partial charge in [-0.25, -0.2) is 4.68 Å². The number of aromatic nitrogens is 5. The molecule has 1 atom stereocenters. The van der Waals surface area contributed by atoms with Gasteiger partial charge < -0.3 is 24.5 Å². The Balaban J connectivity index is 1.40. The van der Waals surface area contributed by atoms with Crippen molar-refractivity contribution in [2.24, 2.45) is 0 Å². The van der Waals surface area contributed by atoms with Gasteiger partial charge in [0.25, 0.3) is 5.56 Å². The van der Waals surface area contributed by atoms with Gasteiger partial charge in [-0.1, -0.05) is 19.3 Å². The molecule has 40 heavy (non-hydrogen) atoms. The number of phenols is 1. The lowest BCUT2D eigenvalue weighted by molar-refractivity contribution is 0.192. The molecule has 11 heteroatoms. The Morgan fingerprint density at radius 3 is 2.35 bits per heavy atom. The lowest BCUT2D eigenvalue weighted by Crippen LogP contribution is -2.49. The summed E-state index contributed by atoms with van der Waals surface area (Å²) in [7, 11) is 3.18. The van der Waals surface area contributed by atoms with Crippen molar-refractivity contribution in [3.05, 3.63) is 64.2 Å². The molecule has 210 valence electrons. The highest BCUT2D eigenvalue weighted by Gasteiger charge is 2.34. The molecule has 2 N–H and O–H groups in total. The van der Waals surface area contributed by atoms with Crippen molar-refractivity contribution in [1.82, 2.24) is 30.1 Å². The normalized spacial score (nSPS) is 17.7. The largest absolute Gasteiger partial charge is 0.508 e. The van der Waals surface area contributed by atoms with Crippen LogP contribution >= 0.6 is 0 Å². The first-order valence-corrected chi connectivity index (χ1v) is 13.9. The van der Waals surface area contributed by atoms with Crippen LogP contribution in [0.15, 0.2) is 47.3 Å². The van der Waals surface area contributed by atoms with Crippen LogP contribution in [-0.2, 0) is 0 Å². The van der Waals surface area contributed by atoms with Gasteiger partial charge in [-0.3, -0.25) is 9.69 Å². The number of aromatic hydroxyl groups is 1. The predicted octanol–water partition coefficient (Wildman–Crippen LogP) is 3.65. The lowest BCUT2D eigenvalue weighted by atomic mass is 9.95. The smallest absolute Gasteiger partial charge is 0.253 e. The Hall–Kier alpha value is -4.12. The number of piperazine rings is 1. The van der Waals surface area contributed by atoms with Gasteiger partial charge in [0.15, 0.2) is 17.3 Å². The fraction of sp³-hybridized carbons (Fsp3) is 0.448. The molecule has 2 aromatic carbocycles. The van der Waals surface area contributed by atoms with Gasteiger partial charge in [0.1, 0.15) is 11.8 Å². The second-order valence-corrected chi connectivity index (χ2v) is 10.6. The van der Waals surface area contributed by atoms with E-state index in [9.17, 15) is 9.90 Å². The highest BCUT2D eigenvalue weighted by Crippen LogP contribution is 2.36. The number of anilines is 1. The Morgan fingerprint density at radius 2 is 1.65 bits per heavy atom. The van der Waals surface area contributed by atoms with Gasteiger partial charge in [0.2, 0.25) is 0 Å². The Morgan fingerprint density at radius 1 is 0.950 bits per heavy atom. The maximum atomic E-state index is 13.7. The summed E-state index contributed by atoms with van der Waals surface area (Å²) in [6, 6.07) is 12.7. The van der Waals surface area contributed by atoms with Crippen LogP contribution in [0, 0.1) is 0 Å². The highest BCUT2D eigenvalue weighted by molar-refractivity contribution is 5.83. The van der Waals surface area contributed by atoms with E-state index in [2.05, 4.69) is 30.3 Å². The van der Waals surface area contributed by atoms with Crippen molar-refractivity contribution < 1.29 is 14.6 Å². The topological polar surface area (TPSA) is 122 Å². The van der Waals surface area contributed by atoms with Crippen molar-refractivity contribution in [3.8, 4) is 17.2 Å². The Bertz CT molecular complexity index is 1520. The Kier molecular flexibility index (Phi) is 7.29. The van der Waals surface area contributed by atoms with Crippen LogP contribution in [0.5, 0.6) is 17.2 Å². The number of methoxy groups -OCH3 is 2. The second kappa shape index (κ2) is 11.2. The van der Waals surface area contributed by atoms with Crippen molar-refractivity contribution in [2.45, 2.75) is 44.2 Å². The molecule has 6 rings (SSSR count). The quantitative estimate of drug-likeness (QED) is 0.358. The summed E-state index contributed by atoms with van der Waals surface area (Å²) in [4.78, 5) is 21.4. The molecule has 11 nitrogen and oxygen atoms in total. The third-order valence-corrected chi connectivity index (χ3v) is 8.25. The number of hydrogen-bond acceptors (Lipinski definition) is 9. The number of fused-ring (bicyclic) bond motifs is 1. The molecule has 2 aromatic heterocycles. The number of nitrogens with zero attached hydrogens (tertiary/aromatic N) is 6. The number of hydrogen-bond donors (Lipinski definition) is 2. The molecular weight excluding hydrogens is 510 g/mol. The molecule has 0 unspecified atom stereocenters. The molecule has 2 fully saturated rings. The predicted molar refractivity (Wildman–Crippen MR) is 151 cm³/mol. The highest BCUT2D eigenvalue weighted by atomic mass is 16.5. The van der Waals surface area contributed by atoms with Gasteiger partial charge in [0.05, 0.1) is 25.8 Å². The molecule has 2 aliphatic rings. The van der Waals surface area contributed by atoms with E-state index < -0.39 is 6.04 Å². The molecule has 0 bridgehead atoms. The fourth-order valence-electron chi connectivity index (χ4n) is 6.12. The van der Waals surface area contributed by atoms with Crippen LogP contribution in [0.4, 0.5) is 5.69 Å². The monoisotopic (exact) mass is 545 g/mol. The first-order valence-electron chi connectivity index (χ1n) is 13.9. The molecule has 4 aromatic rings. The number of H-pyrrole nitrogens is 1. The number of phenolic OH excluding ortho intramolecular Hbond substituents is 1. The average Bonchev–Trinajstić information content (AvgIpc) is 3.47. The number of ether oxygens (including phenoxy) is 2. The van der Waals surface area contributed by atoms with E-state index in [-0.39, 0.29) is 17.4 Å². The Labute approximate surface area is 232 Å². The summed E-state index contributed by atoms with van der Waals surface area (Å²) in [6.45, 7) is 2.96. The lowest BCUT2D eigenvalue weighted by Gasteiger charge is -2.40. The molecule has 1 saturated heterocycles. The minimum atomic E-state index is -0.417. The van der Waals surface area contributed by atoms with E-state index in [0.717, 1.165) is 49.8 Å². The first kappa shape index (κ1) is 26.1. The maximum absolute atomic E-state index is 13.7. The summed E-state index contributed by atoms with van der Waals surface area (Å²) in [6.07, 6.45) is 5.59. The van der Waals surface area contributed by atoms with Crippen LogP contribution < -0.4 is 19.9 Å². The molecule has 0 spiro atoms. The van der Waals surface area contributed by atoms with E-state index in [4.69, 9.17) is 9.47 Å². The van der Waals surface area contributed by atoms with Gasteiger partial charge in [-0.2, -0.15) is 0 Å². The summed E-state index contributed by atoms with van der Waals surface area (Å²) < 4.78 is 13.0.